The van der Waals surface area contributed by atoms with Crippen LogP contribution in [0.4, 0.5) is 11.4 Å². The quantitative estimate of drug-likeness (QED) is 0.320. The van der Waals surface area contributed by atoms with E-state index in [4.69, 9.17) is 0 Å². The largest absolute Gasteiger partial charge is 0.378 e. The van der Waals surface area contributed by atoms with E-state index in [1.807, 2.05) is 0 Å². The van der Waals surface area contributed by atoms with Crippen molar-refractivity contribution >= 4 is 21.4 Å². The molecule has 27 heavy (non-hydrogen) atoms. The van der Waals surface area contributed by atoms with E-state index in [1.165, 1.54) is 19.2 Å². The predicted octanol–water partition coefficient (Wildman–Crippen LogP) is 2.61. The number of nitro groups is 1. The molecular formula is C18H28N4O4S. The Morgan fingerprint density at radius 1 is 1.26 bits per heavy atom. The average molecular weight is 397 g/mol. The first-order valence-electron chi connectivity index (χ1n) is 8.59. The predicted molar refractivity (Wildman–Crippen MR) is 108 cm³/mol. The van der Waals surface area contributed by atoms with Gasteiger partial charge in [-0.1, -0.05) is 26.0 Å². The van der Waals surface area contributed by atoms with Gasteiger partial charge < -0.3 is 5.32 Å². The SMILES string of the molecule is C=CCN(CC=C)[C@@H](CNc1ccc(S(=O)(=O)NC)cc1[N+](=O)[O-])C(C)C. The van der Waals surface area contributed by atoms with Crippen LogP contribution in [0.3, 0.4) is 0 Å². The van der Waals surface area contributed by atoms with Crippen molar-refractivity contribution in [2.75, 3.05) is 32.0 Å². The van der Waals surface area contributed by atoms with Crippen LogP contribution >= 0.6 is 0 Å². The molecule has 1 aromatic carbocycles. The number of rotatable bonds is 12. The van der Waals surface area contributed by atoms with Crippen molar-refractivity contribution in [3.05, 3.63) is 53.6 Å². The highest BCUT2D eigenvalue weighted by Gasteiger charge is 2.23. The minimum atomic E-state index is -3.76. The number of nitro benzene ring substituents is 1. The lowest BCUT2D eigenvalue weighted by Gasteiger charge is -2.33. The summed E-state index contributed by atoms with van der Waals surface area (Å²) >= 11 is 0. The second kappa shape index (κ2) is 10.2. The number of anilines is 1. The van der Waals surface area contributed by atoms with E-state index in [2.05, 4.69) is 41.9 Å². The van der Waals surface area contributed by atoms with E-state index in [0.717, 1.165) is 6.07 Å². The highest BCUT2D eigenvalue weighted by atomic mass is 32.2. The molecule has 0 aromatic heterocycles. The summed E-state index contributed by atoms with van der Waals surface area (Å²) in [6.07, 6.45) is 3.61. The summed E-state index contributed by atoms with van der Waals surface area (Å²) in [5.41, 5.74) is -0.00863. The Balaban J connectivity index is 3.13. The monoisotopic (exact) mass is 396 g/mol. The third-order valence-electron chi connectivity index (χ3n) is 4.21. The fraction of sp³-hybridized carbons (Fsp3) is 0.444. The molecule has 0 heterocycles. The van der Waals surface area contributed by atoms with Crippen molar-refractivity contribution < 1.29 is 13.3 Å². The highest BCUT2D eigenvalue weighted by molar-refractivity contribution is 7.89. The Hall–Kier alpha value is -2.23. The molecule has 1 aromatic rings. The van der Waals surface area contributed by atoms with Crippen LogP contribution in [0.5, 0.6) is 0 Å². The van der Waals surface area contributed by atoms with Crippen molar-refractivity contribution in [1.29, 1.82) is 0 Å². The number of nitrogens with one attached hydrogen (secondary N) is 2. The summed E-state index contributed by atoms with van der Waals surface area (Å²) in [4.78, 5) is 12.8. The molecule has 0 aliphatic rings. The van der Waals surface area contributed by atoms with E-state index in [9.17, 15) is 18.5 Å². The Morgan fingerprint density at radius 3 is 2.30 bits per heavy atom. The maximum absolute atomic E-state index is 11.9. The van der Waals surface area contributed by atoms with Crippen LogP contribution in [0.25, 0.3) is 0 Å². The second-order valence-electron chi connectivity index (χ2n) is 6.37. The van der Waals surface area contributed by atoms with Crippen LogP contribution in [0, 0.1) is 16.0 Å². The smallest absolute Gasteiger partial charge is 0.293 e. The summed E-state index contributed by atoms with van der Waals surface area (Å²) in [6, 6.07) is 3.91. The van der Waals surface area contributed by atoms with Gasteiger partial charge in [-0.2, -0.15) is 0 Å². The molecule has 150 valence electrons. The van der Waals surface area contributed by atoms with Gasteiger partial charge in [0.05, 0.1) is 9.82 Å². The Labute approximate surface area is 161 Å². The minimum absolute atomic E-state index is 0.0846. The molecule has 9 heteroatoms. The van der Waals surface area contributed by atoms with Gasteiger partial charge >= 0.3 is 0 Å². The van der Waals surface area contributed by atoms with Crippen molar-refractivity contribution in [3.8, 4) is 0 Å². The first kappa shape index (κ1) is 22.8. The standard InChI is InChI=1S/C18H28N4O4S/c1-6-10-21(11-7-2)18(14(3)4)13-20-16-9-8-15(27(25,26)19-5)12-17(16)22(23)24/h6-9,12,14,18-20H,1-2,10-11,13H2,3-5H3/t18-/m0/s1. The second-order valence-corrected chi connectivity index (χ2v) is 8.25. The number of sulfonamides is 1. The Kier molecular flexibility index (Phi) is 8.61. The normalized spacial score (nSPS) is 12.8. The molecule has 1 rings (SSSR count). The molecule has 0 radical (unpaired) electrons. The van der Waals surface area contributed by atoms with Crippen molar-refractivity contribution in [2.24, 2.45) is 5.92 Å². The van der Waals surface area contributed by atoms with Crippen LogP contribution in [-0.2, 0) is 10.0 Å². The van der Waals surface area contributed by atoms with E-state index >= 15 is 0 Å². The molecule has 0 fully saturated rings. The van der Waals surface area contributed by atoms with Gasteiger partial charge in [0.25, 0.3) is 5.69 Å². The molecule has 0 spiro atoms. The van der Waals surface area contributed by atoms with Crippen LogP contribution in [0.1, 0.15) is 13.8 Å². The van der Waals surface area contributed by atoms with E-state index in [0.29, 0.717) is 19.6 Å². The van der Waals surface area contributed by atoms with Crippen LogP contribution in [0.15, 0.2) is 48.4 Å². The number of nitrogens with zero attached hydrogens (tertiary/aromatic N) is 2. The van der Waals surface area contributed by atoms with Crippen molar-refractivity contribution in [1.82, 2.24) is 9.62 Å². The fourth-order valence-electron chi connectivity index (χ4n) is 2.77. The number of hydrogen-bond donors (Lipinski definition) is 2. The molecular weight excluding hydrogens is 368 g/mol. The van der Waals surface area contributed by atoms with Crippen molar-refractivity contribution in [3.63, 3.8) is 0 Å². The van der Waals surface area contributed by atoms with Crippen LogP contribution < -0.4 is 10.0 Å². The molecule has 0 saturated heterocycles. The average Bonchev–Trinajstić information content (AvgIpc) is 2.61. The Morgan fingerprint density at radius 2 is 1.85 bits per heavy atom. The topological polar surface area (TPSA) is 105 Å². The van der Waals surface area contributed by atoms with Crippen molar-refractivity contribution in [2.45, 2.75) is 24.8 Å². The van der Waals surface area contributed by atoms with Crippen LogP contribution in [0.2, 0.25) is 0 Å². The molecule has 0 amide bonds. The summed E-state index contributed by atoms with van der Waals surface area (Å²) in [5.74, 6) is 0.278. The third-order valence-corrected chi connectivity index (χ3v) is 5.62. The summed E-state index contributed by atoms with van der Waals surface area (Å²) in [6.45, 7) is 13.5. The minimum Gasteiger partial charge on any atom is -0.378 e. The lowest BCUT2D eigenvalue weighted by atomic mass is 10.0. The van der Waals surface area contributed by atoms with Gasteiger partial charge in [0.15, 0.2) is 0 Å². The molecule has 2 N–H and O–H groups in total. The molecule has 0 bridgehead atoms. The molecule has 0 aliphatic heterocycles. The van der Waals surface area contributed by atoms with Gasteiger partial charge in [0.1, 0.15) is 5.69 Å². The van der Waals surface area contributed by atoms with E-state index in [1.54, 1.807) is 12.2 Å². The maximum atomic E-state index is 11.9. The van der Waals surface area contributed by atoms with Gasteiger partial charge in [-0.05, 0) is 25.1 Å². The third kappa shape index (κ3) is 6.16. The van der Waals surface area contributed by atoms with E-state index in [-0.39, 0.29) is 28.2 Å². The summed E-state index contributed by atoms with van der Waals surface area (Å²) < 4.78 is 25.9. The van der Waals surface area contributed by atoms with Gasteiger partial charge in [0.2, 0.25) is 10.0 Å². The molecule has 8 nitrogen and oxygen atoms in total. The lowest BCUT2D eigenvalue weighted by molar-refractivity contribution is -0.384. The zero-order chi connectivity index (χ0) is 20.6. The van der Waals surface area contributed by atoms with Gasteiger partial charge in [-0.25, -0.2) is 13.1 Å². The van der Waals surface area contributed by atoms with Gasteiger partial charge in [-0.3, -0.25) is 15.0 Å². The first-order valence-corrected chi connectivity index (χ1v) is 10.1. The van der Waals surface area contributed by atoms with E-state index < -0.39 is 14.9 Å². The molecule has 0 unspecified atom stereocenters. The lowest BCUT2D eigenvalue weighted by Crippen LogP contribution is -2.43. The number of hydrogen-bond acceptors (Lipinski definition) is 6. The van der Waals surface area contributed by atoms with Gasteiger partial charge in [-0.15, -0.1) is 13.2 Å². The number of benzene rings is 1. The van der Waals surface area contributed by atoms with Crippen LogP contribution in [-0.4, -0.2) is 51.0 Å². The molecule has 1 atom stereocenters. The zero-order valence-corrected chi connectivity index (χ0v) is 16.8. The summed E-state index contributed by atoms with van der Waals surface area (Å²) in [7, 11) is -2.50. The molecule has 0 saturated carbocycles. The Bertz CT molecular complexity index is 768. The molecule has 0 aliphatic carbocycles. The maximum Gasteiger partial charge on any atom is 0.293 e. The zero-order valence-electron chi connectivity index (χ0n) is 16.0. The summed E-state index contributed by atoms with van der Waals surface area (Å²) in [5, 5.41) is 14.5. The first-order chi connectivity index (χ1) is 12.7. The fourth-order valence-corrected chi connectivity index (χ4v) is 3.52. The van der Waals surface area contributed by atoms with Gasteiger partial charge in [0, 0.05) is 31.7 Å². The highest BCUT2D eigenvalue weighted by Crippen LogP contribution is 2.28.